The summed E-state index contributed by atoms with van der Waals surface area (Å²) in [4.78, 5) is 4.31. The van der Waals surface area contributed by atoms with E-state index >= 15 is 0 Å². The summed E-state index contributed by atoms with van der Waals surface area (Å²) < 4.78 is 21.6. The highest BCUT2D eigenvalue weighted by Gasteiger charge is 2.37. The molecule has 5 heteroatoms. The van der Waals surface area contributed by atoms with E-state index in [1.807, 2.05) is 12.3 Å². The van der Waals surface area contributed by atoms with Crippen molar-refractivity contribution in [2.24, 2.45) is 0 Å². The Morgan fingerprint density at radius 1 is 1.24 bits per heavy atom. The Morgan fingerprint density at radius 3 is 2.52 bits per heavy atom. The third-order valence-corrected chi connectivity index (χ3v) is 8.63. The second-order valence-electron chi connectivity index (χ2n) is 6.77. The van der Waals surface area contributed by atoms with Crippen LogP contribution in [0.5, 0.6) is 0 Å². The molecule has 0 aliphatic heterocycles. The molecule has 0 N–H and O–H groups in total. The normalized spacial score (nSPS) is 12.7. The topological polar surface area (TPSA) is 27.1 Å². The van der Waals surface area contributed by atoms with E-state index in [2.05, 4.69) is 38.8 Å². The molecule has 0 bridgehead atoms. The van der Waals surface area contributed by atoms with Crippen LogP contribution in [0.4, 0.5) is 4.39 Å². The molecule has 0 aliphatic rings. The van der Waals surface area contributed by atoms with Gasteiger partial charge in [-0.1, -0.05) is 32.9 Å². The summed E-state index contributed by atoms with van der Waals surface area (Å²) in [7, 11) is -1.79. The number of rotatable bonds is 4. The van der Waals surface area contributed by atoms with Crippen LogP contribution >= 0.6 is 0 Å². The molecule has 114 valence electrons. The van der Waals surface area contributed by atoms with Crippen LogP contribution in [0.25, 0.3) is 5.69 Å². The maximum Gasteiger partial charge on any atom is 0.192 e. The van der Waals surface area contributed by atoms with Crippen LogP contribution in [-0.4, -0.2) is 17.9 Å². The Morgan fingerprint density at radius 2 is 1.90 bits per heavy atom. The average Bonchev–Trinajstić information content (AvgIpc) is 2.84. The third-order valence-electron chi connectivity index (χ3n) is 4.15. The molecule has 0 spiro atoms. The molecule has 2 aromatic rings. The molecule has 0 amide bonds. The summed E-state index contributed by atoms with van der Waals surface area (Å²) >= 11 is 0. The van der Waals surface area contributed by atoms with E-state index in [1.165, 1.54) is 6.07 Å². The second kappa shape index (κ2) is 5.73. The zero-order valence-corrected chi connectivity index (χ0v) is 14.4. The van der Waals surface area contributed by atoms with Gasteiger partial charge in [-0.2, -0.15) is 0 Å². The molecule has 3 nitrogen and oxygen atoms in total. The quantitative estimate of drug-likeness (QED) is 0.776. The predicted molar refractivity (Wildman–Crippen MR) is 85.5 cm³/mol. The monoisotopic (exact) mass is 306 g/mol. The van der Waals surface area contributed by atoms with Gasteiger partial charge in [0.25, 0.3) is 0 Å². The number of hydrogen-bond acceptors (Lipinski definition) is 2. The molecule has 21 heavy (non-hydrogen) atoms. The zero-order chi connectivity index (χ0) is 15.7. The predicted octanol–water partition coefficient (Wildman–Crippen LogP) is 4.53. The van der Waals surface area contributed by atoms with E-state index in [0.717, 1.165) is 5.69 Å². The molecule has 0 aliphatic carbocycles. The maximum atomic E-state index is 13.7. The van der Waals surface area contributed by atoms with Gasteiger partial charge in [-0.25, -0.2) is 9.37 Å². The number of aromatic nitrogens is 2. The Bertz CT molecular complexity index is 617. The number of hydrogen-bond donors (Lipinski definition) is 0. The van der Waals surface area contributed by atoms with Gasteiger partial charge in [0.05, 0.1) is 24.3 Å². The van der Waals surface area contributed by atoms with E-state index in [-0.39, 0.29) is 10.9 Å². The highest BCUT2D eigenvalue weighted by Crippen LogP contribution is 2.36. The number of imidazole rings is 1. The Kier molecular flexibility index (Phi) is 4.34. The lowest BCUT2D eigenvalue weighted by Gasteiger charge is -2.35. The number of para-hydroxylation sites is 1. The molecule has 0 fully saturated rings. The maximum absolute atomic E-state index is 13.7. The van der Waals surface area contributed by atoms with Crippen molar-refractivity contribution in [1.82, 2.24) is 9.55 Å². The summed E-state index contributed by atoms with van der Waals surface area (Å²) in [6, 6.07) is 6.66. The molecular formula is C16H23FN2OSi. The van der Waals surface area contributed by atoms with Crippen LogP contribution in [0.2, 0.25) is 18.1 Å². The molecule has 1 aromatic heterocycles. The standard InChI is InChI=1S/C16H23FN2OSi/c1-16(2,3)21(4,5)20-11-13-10-19(12-18-13)15-9-7-6-8-14(15)17/h6-10,12H,11H2,1-5H3. The lowest BCUT2D eigenvalue weighted by Crippen LogP contribution is -2.40. The summed E-state index contributed by atoms with van der Waals surface area (Å²) in [5.41, 5.74) is 1.33. The van der Waals surface area contributed by atoms with Crippen LogP contribution in [0, 0.1) is 5.82 Å². The van der Waals surface area contributed by atoms with E-state index in [1.54, 1.807) is 23.0 Å². The minimum atomic E-state index is -1.79. The summed E-state index contributed by atoms with van der Waals surface area (Å²) in [5, 5.41) is 0.168. The van der Waals surface area contributed by atoms with Crippen molar-refractivity contribution in [3.05, 3.63) is 48.3 Å². The third kappa shape index (κ3) is 3.60. The number of nitrogens with zero attached hydrogens (tertiary/aromatic N) is 2. The first-order valence-corrected chi connectivity index (χ1v) is 10.0. The van der Waals surface area contributed by atoms with Gasteiger partial charge in [0, 0.05) is 6.20 Å². The first kappa shape index (κ1) is 15.9. The molecule has 1 aromatic carbocycles. The van der Waals surface area contributed by atoms with E-state index in [4.69, 9.17) is 4.43 Å². The molecular weight excluding hydrogens is 283 g/mol. The van der Waals surface area contributed by atoms with Crippen molar-refractivity contribution in [2.45, 2.75) is 45.5 Å². The SMILES string of the molecule is CC(C)(C)[Si](C)(C)OCc1cn(-c2ccccc2F)cn1. The minimum absolute atomic E-state index is 0.168. The van der Waals surface area contributed by atoms with Gasteiger partial charge in [-0.15, -0.1) is 0 Å². The van der Waals surface area contributed by atoms with Crippen molar-refractivity contribution in [3.8, 4) is 5.69 Å². The fraction of sp³-hybridized carbons (Fsp3) is 0.438. The van der Waals surface area contributed by atoms with Gasteiger partial charge in [0.15, 0.2) is 8.32 Å². The fourth-order valence-corrected chi connectivity index (χ4v) is 2.64. The molecule has 0 saturated heterocycles. The number of benzene rings is 1. The molecule has 0 radical (unpaired) electrons. The summed E-state index contributed by atoms with van der Waals surface area (Å²) in [6.45, 7) is 11.5. The Labute approximate surface area is 126 Å². The molecule has 0 saturated carbocycles. The smallest absolute Gasteiger partial charge is 0.192 e. The Balaban J connectivity index is 2.10. The van der Waals surface area contributed by atoms with Gasteiger partial charge < -0.3 is 8.99 Å². The van der Waals surface area contributed by atoms with Gasteiger partial charge in [-0.05, 0) is 30.3 Å². The summed E-state index contributed by atoms with van der Waals surface area (Å²) in [5.74, 6) is -0.258. The summed E-state index contributed by atoms with van der Waals surface area (Å²) in [6.07, 6.45) is 3.45. The molecule has 0 unspecified atom stereocenters. The largest absolute Gasteiger partial charge is 0.411 e. The van der Waals surface area contributed by atoms with Crippen LogP contribution < -0.4 is 0 Å². The van der Waals surface area contributed by atoms with E-state index in [0.29, 0.717) is 12.3 Å². The van der Waals surface area contributed by atoms with Gasteiger partial charge in [0.1, 0.15) is 5.82 Å². The van der Waals surface area contributed by atoms with E-state index < -0.39 is 8.32 Å². The van der Waals surface area contributed by atoms with Crippen molar-refractivity contribution >= 4 is 8.32 Å². The average molecular weight is 306 g/mol. The molecule has 2 rings (SSSR count). The molecule has 0 atom stereocenters. The zero-order valence-electron chi connectivity index (χ0n) is 13.4. The first-order valence-electron chi connectivity index (χ1n) is 7.12. The van der Waals surface area contributed by atoms with Crippen LogP contribution in [-0.2, 0) is 11.0 Å². The van der Waals surface area contributed by atoms with Crippen LogP contribution in [0.3, 0.4) is 0 Å². The van der Waals surface area contributed by atoms with Crippen LogP contribution in [0.15, 0.2) is 36.8 Å². The van der Waals surface area contributed by atoms with Crippen molar-refractivity contribution in [2.75, 3.05) is 0 Å². The minimum Gasteiger partial charge on any atom is -0.411 e. The molecule has 1 heterocycles. The van der Waals surface area contributed by atoms with Crippen molar-refractivity contribution in [1.29, 1.82) is 0 Å². The highest BCUT2D eigenvalue weighted by molar-refractivity contribution is 6.74. The lowest BCUT2D eigenvalue weighted by atomic mass is 10.2. The Hall–Kier alpha value is -1.46. The highest BCUT2D eigenvalue weighted by atomic mass is 28.4. The van der Waals surface area contributed by atoms with Gasteiger partial charge >= 0.3 is 0 Å². The number of halogens is 1. The lowest BCUT2D eigenvalue weighted by molar-refractivity contribution is 0.272. The fourth-order valence-electron chi connectivity index (χ4n) is 1.70. The van der Waals surface area contributed by atoms with Crippen molar-refractivity contribution < 1.29 is 8.82 Å². The first-order chi connectivity index (χ1) is 9.71. The van der Waals surface area contributed by atoms with E-state index in [9.17, 15) is 4.39 Å². The second-order valence-corrected chi connectivity index (χ2v) is 11.6. The van der Waals surface area contributed by atoms with Crippen molar-refractivity contribution in [3.63, 3.8) is 0 Å². The van der Waals surface area contributed by atoms with Crippen LogP contribution in [0.1, 0.15) is 26.5 Å². The van der Waals surface area contributed by atoms with Gasteiger partial charge in [0.2, 0.25) is 0 Å². The van der Waals surface area contributed by atoms with Gasteiger partial charge in [-0.3, -0.25) is 0 Å².